The third kappa shape index (κ3) is 2.46. The fraction of sp³-hybridized carbons (Fsp3) is 0.733. The first-order chi connectivity index (χ1) is 10.3. The van der Waals surface area contributed by atoms with E-state index in [1.54, 1.807) is 0 Å². The molecule has 6 heteroatoms. The second-order valence-electron chi connectivity index (χ2n) is 6.06. The maximum Gasteiger partial charge on any atom is 0.228 e. The number of hydrogen-bond donors (Lipinski definition) is 1. The summed E-state index contributed by atoms with van der Waals surface area (Å²) in [5.41, 5.74) is 2.24. The summed E-state index contributed by atoms with van der Waals surface area (Å²) in [6.07, 6.45) is 4.60. The number of ether oxygens (including phenoxy) is 2. The van der Waals surface area contributed by atoms with Gasteiger partial charge in [0, 0.05) is 18.7 Å². The van der Waals surface area contributed by atoms with Crippen LogP contribution in [0.4, 0.5) is 5.95 Å². The van der Waals surface area contributed by atoms with Gasteiger partial charge in [0.1, 0.15) is 6.10 Å². The Balaban J connectivity index is 1.64. The number of nitrogens with zero attached hydrogens (tertiary/aromatic N) is 3. The van der Waals surface area contributed by atoms with Gasteiger partial charge in [0.15, 0.2) is 6.10 Å². The zero-order valence-corrected chi connectivity index (χ0v) is 12.1. The number of fused-ring (bicyclic) bond motifs is 1. The van der Waals surface area contributed by atoms with E-state index >= 15 is 0 Å². The van der Waals surface area contributed by atoms with Crippen molar-refractivity contribution in [2.45, 2.75) is 44.3 Å². The first-order valence-electron chi connectivity index (χ1n) is 7.88. The Kier molecular flexibility index (Phi) is 3.43. The average Bonchev–Trinajstić information content (AvgIpc) is 3.20. The van der Waals surface area contributed by atoms with Crippen LogP contribution in [0.25, 0.3) is 0 Å². The lowest BCUT2D eigenvalue weighted by Crippen LogP contribution is -2.31. The molecule has 0 aromatic carbocycles. The van der Waals surface area contributed by atoms with E-state index in [0.29, 0.717) is 19.1 Å². The molecule has 21 heavy (non-hydrogen) atoms. The molecule has 1 N–H and O–H groups in total. The van der Waals surface area contributed by atoms with E-state index in [1.165, 1.54) is 12.8 Å². The number of aryl methyl sites for hydroxylation is 1. The summed E-state index contributed by atoms with van der Waals surface area (Å²) in [5, 5.41) is 9.88. The van der Waals surface area contributed by atoms with Gasteiger partial charge >= 0.3 is 0 Å². The molecule has 1 aliphatic carbocycles. The molecule has 3 aliphatic rings. The molecule has 114 valence electrons. The summed E-state index contributed by atoms with van der Waals surface area (Å²) >= 11 is 0. The van der Waals surface area contributed by atoms with Gasteiger partial charge in [0.2, 0.25) is 11.8 Å². The highest BCUT2D eigenvalue weighted by molar-refractivity contribution is 5.43. The molecule has 4 rings (SSSR count). The van der Waals surface area contributed by atoms with Gasteiger partial charge in [-0.05, 0) is 32.1 Å². The van der Waals surface area contributed by atoms with Gasteiger partial charge in [-0.2, -0.15) is 4.98 Å². The lowest BCUT2D eigenvalue weighted by atomic mass is 10.2. The van der Waals surface area contributed by atoms with Crippen LogP contribution in [0.1, 0.15) is 30.5 Å². The molecule has 1 aromatic rings. The number of aliphatic hydroxyl groups excluding tert-OH is 1. The predicted molar refractivity (Wildman–Crippen MR) is 76.7 cm³/mol. The number of aromatic nitrogens is 2. The zero-order valence-electron chi connectivity index (χ0n) is 12.1. The van der Waals surface area contributed by atoms with Crippen molar-refractivity contribution in [1.29, 1.82) is 0 Å². The van der Waals surface area contributed by atoms with Gasteiger partial charge in [-0.25, -0.2) is 4.98 Å². The Bertz CT molecular complexity index is 531. The molecule has 1 aromatic heterocycles. The summed E-state index contributed by atoms with van der Waals surface area (Å²) in [7, 11) is 0. The van der Waals surface area contributed by atoms with Gasteiger partial charge < -0.3 is 19.5 Å². The fourth-order valence-electron chi connectivity index (χ4n) is 3.32. The maximum atomic E-state index is 9.88. The van der Waals surface area contributed by atoms with Crippen LogP contribution >= 0.6 is 0 Å². The fourth-order valence-corrected chi connectivity index (χ4v) is 3.32. The minimum Gasteiger partial charge on any atom is -0.469 e. The Morgan fingerprint density at radius 3 is 2.71 bits per heavy atom. The van der Waals surface area contributed by atoms with E-state index in [4.69, 9.17) is 14.5 Å². The molecule has 0 radical (unpaired) electrons. The number of hydrogen-bond acceptors (Lipinski definition) is 6. The Labute approximate surface area is 124 Å². The third-order valence-corrected chi connectivity index (χ3v) is 4.54. The molecular formula is C15H21N3O3. The van der Waals surface area contributed by atoms with E-state index < -0.39 is 6.10 Å². The Hall–Kier alpha value is -1.40. The molecule has 0 amide bonds. The van der Waals surface area contributed by atoms with Crippen LogP contribution in [-0.2, 0) is 17.6 Å². The third-order valence-electron chi connectivity index (χ3n) is 4.54. The second-order valence-corrected chi connectivity index (χ2v) is 6.06. The summed E-state index contributed by atoms with van der Waals surface area (Å²) in [6.45, 7) is 2.82. The monoisotopic (exact) mass is 291 g/mol. The van der Waals surface area contributed by atoms with Crippen LogP contribution in [0.2, 0.25) is 0 Å². The molecule has 2 saturated heterocycles. The average molecular weight is 291 g/mol. The normalized spacial score (nSPS) is 28.1. The van der Waals surface area contributed by atoms with Crippen LogP contribution in [0.5, 0.6) is 5.88 Å². The van der Waals surface area contributed by atoms with E-state index in [2.05, 4.69) is 9.88 Å². The molecular weight excluding hydrogens is 270 g/mol. The molecule has 2 atom stereocenters. The SMILES string of the molecule is O[C@@H]1COC[C@H]1Oc1nc(N2CCCC2)nc2c1CCC2. The van der Waals surface area contributed by atoms with Crippen molar-refractivity contribution >= 4 is 5.95 Å². The van der Waals surface area contributed by atoms with Crippen molar-refractivity contribution in [3.8, 4) is 5.88 Å². The number of aliphatic hydroxyl groups is 1. The van der Waals surface area contributed by atoms with E-state index in [0.717, 1.165) is 49.6 Å². The van der Waals surface area contributed by atoms with E-state index in [-0.39, 0.29) is 6.10 Å². The van der Waals surface area contributed by atoms with E-state index in [1.807, 2.05) is 0 Å². The minimum atomic E-state index is -0.563. The van der Waals surface area contributed by atoms with Gasteiger partial charge in [-0.3, -0.25) is 0 Å². The highest BCUT2D eigenvalue weighted by atomic mass is 16.6. The quantitative estimate of drug-likeness (QED) is 0.884. The minimum absolute atomic E-state index is 0.309. The van der Waals surface area contributed by atoms with Gasteiger partial charge in [0.25, 0.3) is 0 Å². The van der Waals surface area contributed by atoms with Crippen molar-refractivity contribution in [2.75, 3.05) is 31.2 Å². The van der Waals surface area contributed by atoms with Crippen LogP contribution in [0.15, 0.2) is 0 Å². The summed E-state index contributed by atoms with van der Waals surface area (Å²) in [4.78, 5) is 11.6. The first kappa shape index (κ1) is 13.3. The zero-order chi connectivity index (χ0) is 14.2. The maximum absolute atomic E-state index is 9.88. The topological polar surface area (TPSA) is 67.7 Å². The van der Waals surface area contributed by atoms with E-state index in [9.17, 15) is 5.11 Å². The van der Waals surface area contributed by atoms with Crippen LogP contribution in [0, 0.1) is 0 Å². The number of rotatable bonds is 3. The van der Waals surface area contributed by atoms with Crippen molar-refractivity contribution in [1.82, 2.24) is 9.97 Å². The molecule has 2 fully saturated rings. The largest absolute Gasteiger partial charge is 0.469 e. The molecule has 0 bridgehead atoms. The molecule has 3 heterocycles. The second kappa shape index (κ2) is 5.42. The Morgan fingerprint density at radius 2 is 1.95 bits per heavy atom. The smallest absolute Gasteiger partial charge is 0.228 e. The van der Waals surface area contributed by atoms with Gasteiger partial charge in [-0.1, -0.05) is 0 Å². The lowest BCUT2D eigenvalue weighted by Gasteiger charge is -2.20. The highest BCUT2D eigenvalue weighted by Crippen LogP contribution is 2.32. The van der Waals surface area contributed by atoms with Gasteiger partial charge in [0.05, 0.1) is 18.9 Å². The van der Waals surface area contributed by atoms with Crippen LogP contribution < -0.4 is 9.64 Å². The van der Waals surface area contributed by atoms with Crippen LogP contribution in [-0.4, -0.2) is 53.6 Å². The highest BCUT2D eigenvalue weighted by Gasteiger charge is 2.31. The molecule has 2 aliphatic heterocycles. The predicted octanol–water partition coefficient (Wildman–Crippen LogP) is 0.704. The molecule has 6 nitrogen and oxygen atoms in total. The van der Waals surface area contributed by atoms with Crippen molar-refractivity contribution < 1.29 is 14.6 Å². The molecule has 0 saturated carbocycles. The standard InChI is InChI=1S/C15H21N3O3/c19-12-8-20-9-13(12)21-14-10-4-3-5-11(10)16-15(17-14)18-6-1-2-7-18/h12-13,19H,1-9H2/t12-,13-/m1/s1. The van der Waals surface area contributed by atoms with Crippen molar-refractivity contribution in [3.05, 3.63) is 11.3 Å². The van der Waals surface area contributed by atoms with Crippen molar-refractivity contribution in [3.63, 3.8) is 0 Å². The summed E-state index contributed by atoms with van der Waals surface area (Å²) in [5.74, 6) is 1.45. The summed E-state index contributed by atoms with van der Waals surface area (Å²) in [6, 6.07) is 0. The number of anilines is 1. The first-order valence-corrected chi connectivity index (χ1v) is 7.88. The molecule has 0 unspecified atom stereocenters. The van der Waals surface area contributed by atoms with Crippen molar-refractivity contribution in [2.24, 2.45) is 0 Å². The van der Waals surface area contributed by atoms with Crippen LogP contribution in [0.3, 0.4) is 0 Å². The molecule has 0 spiro atoms. The lowest BCUT2D eigenvalue weighted by molar-refractivity contribution is 0.0697. The van der Waals surface area contributed by atoms with Gasteiger partial charge in [-0.15, -0.1) is 0 Å². The summed E-state index contributed by atoms with van der Waals surface area (Å²) < 4.78 is 11.2. The Morgan fingerprint density at radius 1 is 1.10 bits per heavy atom.